The van der Waals surface area contributed by atoms with Crippen molar-refractivity contribution in [1.82, 2.24) is 0 Å². The van der Waals surface area contributed by atoms with Gasteiger partial charge in [-0.25, -0.2) is 12.8 Å². The molecule has 0 fully saturated rings. The van der Waals surface area contributed by atoms with Crippen LogP contribution in [0.4, 0.5) is 10.1 Å². The van der Waals surface area contributed by atoms with Crippen molar-refractivity contribution < 1.29 is 22.3 Å². The molecule has 1 aromatic rings. The Morgan fingerprint density at radius 3 is 2.55 bits per heavy atom. The molecule has 0 saturated heterocycles. The lowest BCUT2D eigenvalue weighted by atomic mass is 10.2. The summed E-state index contributed by atoms with van der Waals surface area (Å²) >= 11 is 0. The van der Waals surface area contributed by atoms with E-state index in [1.807, 2.05) is 0 Å². The Morgan fingerprint density at radius 1 is 1.40 bits per heavy atom. The summed E-state index contributed by atoms with van der Waals surface area (Å²) in [6.45, 7) is -0.179. The van der Waals surface area contributed by atoms with Crippen LogP contribution in [0.25, 0.3) is 0 Å². The molecule has 7 heteroatoms. The minimum absolute atomic E-state index is 0.179. The number of hydrogen-bond acceptors (Lipinski definition) is 4. The smallest absolute Gasteiger partial charge is 0.253 e. The van der Waals surface area contributed by atoms with Crippen LogP contribution in [-0.2, 0) is 19.4 Å². The lowest BCUT2D eigenvalue weighted by Gasteiger charge is -2.27. The number of carbonyl (C=O) groups excluding carboxylic acids is 1. The number of sulfone groups is 1. The summed E-state index contributed by atoms with van der Waals surface area (Å²) < 4.78 is 40.8. The molecule has 108 valence electrons. The average molecular weight is 299 g/mol. The number of methoxy groups -OCH3 is 1. The number of anilines is 1. The lowest BCUT2D eigenvalue weighted by Crippen LogP contribution is -2.43. The minimum Gasteiger partial charge on any atom is -0.375 e. The van der Waals surface area contributed by atoms with E-state index in [9.17, 15) is 17.6 Å². The summed E-state index contributed by atoms with van der Waals surface area (Å²) in [4.78, 5) is 13.4. The fourth-order valence-corrected chi connectivity index (χ4v) is 3.30. The van der Waals surface area contributed by atoms with E-state index in [2.05, 4.69) is 0 Å². The van der Waals surface area contributed by atoms with E-state index in [1.165, 1.54) is 42.4 Å². The molecule has 0 aliphatic carbocycles. The van der Waals surface area contributed by atoms with E-state index in [0.717, 1.165) is 5.41 Å². The van der Waals surface area contributed by atoms with E-state index < -0.39 is 21.7 Å². The Bertz CT molecular complexity index is 624. The van der Waals surface area contributed by atoms with Crippen molar-refractivity contribution in [2.45, 2.75) is 6.04 Å². The molecule has 20 heavy (non-hydrogen) atoms. The second-order valence-corrected chi connectivity index (χ2v) is 6.33. The maximum atomic E-state index is 13.0. The van der Waals surface area contributed by atoms with Gasteiger partial charge >= 0.3 is 0 Å². The second-order valence-electron chi connectivity index (χ2n) is 4.40. The van der Waals surface area contributed by atoms with Crippen LogP contribution < -0.4 is 4.90 Å². The van der Waals surface area contributed by atoms with Crippen LogP contribution in [0.2, 0.25) is 0 Å². The number of halogens is 1. The van der Waals surface area contributed by atoms with Crippen LogP contribution in [0.5, 0.6) is 0 Å². The Morgan fingerprint density at radius 2 is 2.05 bits per heavy atom. The van der Waals surface area contributed by atoms with Gasteiger partial charge in [-0.2, -0.15) is 0 Å². The van der Waals surface area contributed by atoms with Crippen molar-refractivity contribution in [2.24, 2.45) is 0 Å². The van der Waals surface area contributed by atoms with Gasteiger partial charge in [0.1, 0.15) is 12.4 Å². The molecule has 5 nitrogen and oxygen atoms in total. The first-order valence-electron chi connectivity index (χ1n) is 5.90. The normalized spacial score (nSPS) is 20.0. The Labute approximate surface area is 116 Å². The molecule has 0 N–H and O–H groups in total. The minimum atomic E-state index is -3.29. The van der Waals surface area contributed by atoms with Crippen molar-refractivity contribution in [3.8, 4) is 0 Å². The largest absolute Gasteiger partial charge is 0.375 e. The molecule has 1 aliphatic heterocycles. The highest BCUT2D eigenvalue weighted by Crippen LogP contribution is 2.23. The van der Waals surface area contributed by atoms with E-state index in [4.69, 9.17) is 4.74 Å². The van der Waals surface area contributed by atoms with Gasteiger partial charge in [0.05, 0.1) is 11.8 Å². The molecule has 1 atom stereocenters. The van der Waals surface area contributed by atoms with Gasteiger partial charge in [-0.3, -0.25) is 4.79 Å². The van der Waals surface area contributed by atoms with Crippen molar-refractivity contribution in [2.75, 3.05) is 24.4 Å². The summed E-state index contributed by atoms with van der Waals surface area (Å²) in [7, 11) is -1.92. The van der Waals surface area contributed by atoms with E-state index in [0.29, 0.717) is 5.69 Å². The molecule has 0 bridgehead atoms. The number of benzene rings is 1. The first-order valence-corrected chi connectivity index (χ1v) is 7.62. The number of carbonyl (C=O) groups is 1. The van der Waals surface area contributed by atoms with Crippen LogP contribution in [0, 0.1) is 5.82 Å². The molecular weight excluding hydrogens is 285 g/mol. The van der Waals surface area contributed by atoms with Gasteiger partial charge in [0.2, 0.25) is 0 Å². The zero-order chi connectivity index (χ0) is 14.8. The summed E-state index contributed by atoms with van der Waals surface area (Å²) in [5, 5.41) is 1.09. The van der Waals surface area contributed by atoms with Gasteiger partial charge in [-0.1, -0.05) is 0 Å². The third-order valence-corrected chi connectivity index (χ3v) is 4.26. The standard InChI is InChI=1S/C13H14FNO4S/c1-19-8-13(16)15(11-4-2-10(14)3-5-11)12-6-7-20(17,18)9-12/h2-7,12H,8-9H2,1H3/t12-/m1/s1. The summed E-state index contributed by atoms with van der Waals surface area (Å²) in [5.74, 6) is -0.992. The summed E-state index contributed by atoms with van der Waals surface area (Å²) in [5.41, 5.74) is 0.431. The molecule has 0 aromatic heterocycles. The predicted molar refractivity (Wildman–Crippen MR) is 72.5 cm³/mol. The average Bonchev–Trinajstić information content (AvgIpc) is 2.73. The molecule has 0 radical (unpaired) electrons. The van der Waals surface area contributed by atoms with Crippen LogP contribution in [0.1, 0.15) is 0 Å². The van der Waals surface area contributed by atoms with Gasteiger partial charge < -0.3 is 9.64 Å². The van der Waals surface area contributed by atoms with Gasteiger partial charge in [-0.05, 0) is 30.3 Å². The van der Waals surface area contributed by atoms with Gasteiger partial charge in [-0.15, -0.1) is 0 Å². The third-order valence-electron chi connectivity index (χ3n) is 2.88. The number of amides is 1. The van der Waals surface area contributed by atoms with Gasteiger partial charge in [0.25, 0.3) is 5.91 Å². The fraction of sp³-hybridized carbons (Fsp3) is 0.308. The highest BCUT2D eigenvalue weighted by atomic mass is 32.2. The maximum absolute atomic E-state index is 13.0. The monoisotopic (exact) mass is 299 g/mol. The molecule has 1 aliphatic rings. The zero-order valence-corrected chi connectivity index (χ0v) is 11.6. The number of ether oxygens (including phenoxy) is 1. The highest BCUT2D eigenvalue weighted by molar-refractivity contribution is 7.94. The van der Waals surface area contributed by atoms with E-state index in [1.54, 1.807) is 0 Å². The van der Waals surface area contributed by atoms with Crippen molar-refractivity contribution in [3.63, 3.8) is 0 Å². The fourth-order valence-electron chi connectivity index (χ4n) is 2.04. The third kappa shape index (κ3) is 3.23. The van der Waals surface area contributed by atoms with Crippen molar-refractivity contribution in [3.05, 3.63) is 41.6 Å². The van der Waals surface area contributed by atoms with Crippen LogP contribution in [0.15, 0.2) is 35.7 Å². The molecule has 2 rings (SSSR count). The molecular formula is C13H14FNO4S. The number of rotatable bonds is 4. The van der Waals surface area contributed by atoms with Crippen LogP contribution in [0.3, 0.4) is 0 Å². The van der Waals surface area contributed by atoms with Gasteiger partial charge in [0, 0.05) is 18.2 Å². The van der Waals surface area contributed by atoms with Crippen molar-refractivity contribution in [1.29, 1.82) is 0 Å². The molecule has 0 saturated carbocycles. The van der Waals surface area contributed by atoms with Crippen LogP contribution >= 0.6 is 0 Å². The molecule has 1 aromatic carbocycles. The topological polar surface area (TPSA) is 63.7 Å². The second kappa shape index (κ2) is 5.72. The Kier molecular flexibility index (Phi) is 4.20. The quantitative estimate of drug-likeness (QED) is 0.835. The van der Waals surface area contributed by atoms with Crippen LogP contribution in [-0.4, -0.2) is 39.8 Å². The summed E-state index contributed by atoms with van der Waals surface area (Å²) in [6, 6.07) is 4.70. The predicted octanol–water partition coefficient (Wildman–Crippen LogP) is 1.12. The van der Waals surface area contributed by atoms with Gasteiger partial charge in [0.15, 0.2) is 9.84 Å². The SMILES string of the molecule is COCC(=O)N(c1ccc(F)cc1)[C@@H]1C=CS(=O)(=O)C1. The molecule has 1 heterocycles. The lowest BCUT2D eigenvalue weighted by molar-refractivity contribution is -0.122. The Balaban J connectivity index is 2.33. The molecule has 1 amide bonds. The Hall–Kier alpha value is -1.73. The van der Waals surface area contributed by atoms with E-state index in [-0.39, 0.29) is 18.3 Å². The molecule has 0 unspecified atom stereocenters. The first-order chi connectivity index (χ1) is 9.43. The van der Waals surface area contributed by atoms with E-state index >= 15 is 0 Å². The maximum Gasteiger partial charge on any atom is 0.253 e. The molecule has 0 spiro atoms. The first kappa shape index (κ1) is 14.7. The number of nitrogens with zero attached hydrogens (tertiary/aromatic N) is 1. The zero-order valence-electron chi connectivity index (χ0n) is 10.8. The summed E-state index contributed by atoms with van der Waals surface area (Å²) in [6.07, 6.45) is 1.45. The number of hydrogen-bond donors (Lipinski definition) is 0. The van der Waals surface area contributed by atoms with Crippen molar-refractivity contribution >= 4 is 21.4 Å². The highest BCUT2D eigenvalue weighted by Gasteiger charge is 2.31.